The van der Waals surface area contributed by atoms with Gasteiger partial charge in [-0.1, -0.05) is 37.3 Å². The Kier molecular flexibility index (Phi) is 5.30. The first-order valence-electron chi connectivity index (χ1n) is 9.26. The lowest BCUT2D eigenvalue weighted by molar-refractivity contribution is -0.154. The zero-order valence-electron chi connectivity index (χ0n) is 15.3. The van der Waals surface area contributed by atoms with Crippen molar-refractivity contribution < 1.29 is 19.5 Å². The number of rotatable bonds is 4. The number of piperidine rings is 1. The van der Waals surface area contributed by atoms with Crippen molar-refractivity contribution in [1.82, 2.24) is 9.80 Å². The molecule has 1 N–H and O–H groups in total. The zero-order chi connectivity index (χ0) is 18.8. The first-order valence-corrected chi connectivity index (χ1v) is 9.26. The van der Waals surface area contributed by atoms with Crippen molar-refractivity contribution in [3.05, 3.63) is 35.9 Å². The highest BCUT2D eigenvalue weighted by Crippen LogP contribution is 2.31. The van der Waals surface area contributed by atoms with Gasteiger partial charge in [-0.25, -0.2) is 4.79 Å². The van der Waals surface area contributed by atoms with Crippen molar-refractivity contribution >= 4 is 17.8 Å². The fraction of sp³-hybridized carbons (Fsp3) is 0.550. The van der Waals surface area contributed by atoms with Crippen LogP contribution in [0.15, 0.2) is 30.3 Å². The van der Waals surface area contributed by atoms with Crippen molar-refractivity contribution in [3.8, 4) is 0 Å². The predicted molar refractivity (Wildman–Crippen MR) is 96.2 cm³/mol. The van der Waals surface area contributed by atoms with Crippen LogP contribution in [0.2, 0.25) is 0 Å². The molecule has 2 aliphatic heterocycles. The van der Waals surface area contributed by atoms with Crippen LogP contribution < -0.4 is 0 Å². The van der Waals surface area contributed by atoms with E-state index in [1.165, 1.54) is 4.90 Å². The smallest absolute Gasteiger partial charge is 0.326 e. The van der Waals surface area contributed by atoms with Crippen molar-refractivity contribution in [2.45, 2.75) is 45.2 Å². The second-order valence-electron chi connectivity index (χ2n) is 7.55. The molecule has 4 atom stereocenters. The van der Waals surface area contributed by atoms with Gasteiger partial charge in [-0.3, -0.25) is 9.59 Å². The van der Waals surface area contributed by atoms with Gasteiger partial charge in [0, 0.05) is 19.5 Å². The number of hydrogen-bond acceptors (Lipinski definition) is 3. The van der Waals surface area contributed by atoms with Gasteiger partial charge in [0.05, 0.1) is 12.0 Å². The van der Waals surface area contributed by atoms with Crippen LogP contribution in [0.5, 0.6) is 0 Å². The molecule has 0 bridgehead atoms. The van der Waals surface area contributed by atoms with E-state index in [9.17, 15) is 19.5 Å². The SMILES string of the molecule is CC1CCN(C(=O)C2CC(=O)N(C(C)c3ccccc3)C2)C(C(=O)O)C1. The molecule has 2 aliphatic rings. The lowest BCUT2D eigenvalue weighted by atomic mass is 9.91. The maximum Gasteiger partial charge on any atom is 0.326 e. The number of carboxylic acid groups (broad SMARTS) is 1. The summed E-state index contributed by atoms with van der Waals surface area (Å²) in [5.41, 5.74) is 1.03. The highest BCUT2D eigenvalue weighted by atomic mass is 16.4. The second kappa shape index (κ2) is 7.48. The molecule has 0 saturated carbocycles. The molecular formula is C20H26N2O4. The summed E-state index contributed by atoms with van der Waals surface area (Å²) in [4.78, 5) is 40.2. The molecule has 1 aromatic carbocycles. The Balaban J connectivity index is 1.71. The topological polar surface area (TPSA) is 77.9 Å². The Labute approximate surface area is 153 Å². The fourth-order valence-electron chi connectivity index (χ4n) is 4.06. The van der Waals surface area contributed by atoms with E-state index in [4.69, 9.17) is 0 Å². The van der Waals surface area contributed by atoms with Gasteiger partial charge in [0.15, 0.2) is 0 Å². The molecule has 2 saturated heterocycles. The summed E-state index contributed by atoms with van der Waals surface area (Å²) in [7, 11) is 0. The number of amides is 2. The Hall–Kier alpha value is -2.37. The van der Waals surface area contributed by atoms with Crippen molar-refractivity contribution in [1.29, 1.82) is 0 Å². The highest BCUT2D eigenvalue weighted by molar-refractivity contribution is 5.91. The maximum absolute atomic E-state index is 13.0. The van der Waals surface area contributed by atoms with E-state index < -0.39 is 17.9 Å². The Morgan fingerprint density at radius 2 is 1.92 bits per heavy atom. The largest absolute Gasteiger partial charge is 0.480 e. The van der Waals surface area contributed by atoms with E-state index in [1.807, 2.05) is 44.2 Å². The van der Waals surface area contributed by atoms with Gasteiger partial charge >= 0.3 is 5.97 Å². The minimum Gasteiger partial charge on any atom is -0.480 e. The van der Waals surface area contributed by atoms with E-state index >= 15 is 0 Å². The molecule has 2 amide bonds. The maximum atomic E-state index is 13.0. The molecule has 0 aliphatic carbocycles. The molecule has 26 heavy (non-hydrogen) atoms. The third-order valence-electron chi connectivity index (χ3n) is 5.69. The number of likely N-dealkylation sites (tertiary alicyclic amines) is 2. The number of nitrogens with zero attached hydrogens (tertiary/aromatic N) is 2. The van der Waals surface area contributed by atoms with Gasteiger partial charge in [-0.2, -0.15) is 0 Å². The molecule has 1 aromatic rings. The van der Waals surface area contributed by atoms with E-state index in [2.05, 4.69) is 0 Å². The van der Waals surface area contributed by atoms with E-state index in [-0.39, 0.29) is 24.3 Å². The van der Waals surface area contributed by atoms with E-state index in [0.717, 1.165) is 12.0 Å². The second-order valence-corrected chi connectivity index (χ2v) is 7.55. The molecule has 2 fully saturated rings. The zero-order valence-corrected chi connectivity index (χ0v) is 15.3. The summed E-state index contributed by atoms with van der Waals surface area (Å²) in [5.74, 6) is -1.36. The molecule has 0 aromatic heterocycles. The van der Waals surface area contributed by atoms with Gasteiger partial charge < -0.3 is 14.9 Å². The lowest BCUT2D eigenvalue weighted by Crippen LogP contribution is -2.52. The molecule has 3 rings (SSSR count). The van der Waals surface area contributed by atoms with Gasteiger partial charge in [-0.05, 0) is 31.2 Å². The molecule has 140 valence electrons. The van der Waals surface area contributed by atoms with Crippen LogP contribution in [-0.4, -0.2) is 51.8 Å². The number of aliphatic carboxylic acids is 1. The van der Waals surface area contributed by atoms with Gasteiger partial charge in [0.25, 0.3) is 0 Å². The molecule has 6 nitrogen and oxygen atoms in total. The third-order valence-corrected chi connectivity index (χ3v) is 5.69. The monoisotopic (exact) mass is 358 g/mol. The van der Waals surface area contributed by atoms with Crippen molar-refractivity contribution in [2.75, 3.05) is 13.1 Å². The quantitative estimate of drug-likeness (QED) is 0.896. The van der Waals surface area contributed by atoms with Gasteiger partial charge in [-0.15, -0.1) is 0 Å². The Morgan fingerprint density at radius 1 is 1.23 bits per heavy atom. The van der Waals surface area contributed by atoms with Crippen LogP contribution in [0, 0.1) is 11.8 Å². The molecule has 0 spiro atoms. The van der Waals surface area contributed by atoms with Crippen LogP contribution in [0.4, 0.5) is 0 Å². The van der Waals surface area contributed by atoms with Crippen LogP contribution in [0.25, 0.3) is 0 Å². The fourth-order valence-corrected chi connectivity index (χ4v) is 4.06. The van der Waals surface area contributed by atoms with Gasteiger partial charge in [0.2, 0.25) is 11.8 Å². The standard InChI is InChI=1S/C20H26N2O4/c1-13-8-9-21(17(10-13)20(25)26)19(24)16-11-18(23)22(12-16)14(2)15-6-4-3-5-7-15/h3-7,13-14,16-17H,8-12H2,1-2H3,(H,25,26). The molecule has 0 radical (unpaired) electrons. The summed E-state index contributed by atoms with van der Waals surface area (Å²) in [6.45, 7) is 4.78. The summed E-state index contributed by atoms with van der Waals surface area (Å²) in [6, 6.07) is 8.86. The number of hydrogen-bond donors (Lipinski definition) is 1. The number of carbonyl (C=O) groups is 3. The van der Waals surface area contributed by atoms with E-state index in [1.54, 1.807) is 4.90 Å². The minimum absolute atomic E-state index is 0.0445. The third kappa shape index (κ3) is 3.59. The van der Waals surface area contributed by atoms with Crippen LogP contribution in [0.1, 0.15) is 44.7 Å². The number of carbonyl (C=O) groups excluding carboxylic acids is 2. The summed E-state index contributed by atoms with van der Waals surface area (Å²) < 4.78 is 0. The Morgan fingerprint density at radius 3 is 2.58 bits per heavy atom. The number of benzene rings is 1. The lowest BCUT2D eigenvalue weighted by Gasteiger charge is -2.37. The highest BCUT2D eigenvalue weighted by Gasteiger charge is 2.42. The van der Waals surface area contributed by atoms with Gasteiger partial charge in [0.1, 0.15) is 6.04 Å². The molecule has 4 unspecified atom stereocenters. The van der Waals surface area contributed by atoms with Crippen LogP contribution in [0.3, 0.4) is 0 Å². The predicted octanol–water partition coefficient (Wildman–Crippen LogP) is 2.31. The first-order chi connectivity index (χ1) is 12.4. The molecule has 6 heteroatoms. The number of carboxylic acids is 1. The van der Waals surface area contributed by atoms with Crippen molar-refractivity contribution in [2.24, 2.45) is 11.8 Å². The average molecular weight is 358 g/mol. The van der Waals surface area contributed by atoms with E-state index in [0.29, 0.717) is 25.4 Å². The Bertz CT molecular complexity index is 690. The summed E-state index contributed by atoms with van der Waals surface area (Å²) in [6.07, 6.45) is 1.45. The van der Waals surface area contributed by atoms with Crippen LogP contribution >= 0.6 is 0 Å². The normalized spacial score (nSPS) is 27.5. The minimum atomic E-state index is -0.955. The van der Waals surface area contributed by atoms with Crippen molar-refractivity contribution in [3.63, 3.8) is 0 Å². The van der Waals surface area contributed by atoms with Crippen LogP contribution in [-0.2, 0) is 14.4 Å². The molecule has 2 heterocycles. The summed E-state index contributed by atoms with van der Waals surface area (Å²) >= 11 is 0. The first kappa shape index (κ1) is 18.4. The molecular weight excluding hydrogens is 332 g/mol. The average Bonchev–Trinajstić information content (AvgIpc) is 3.03. The summed E-state index contributed by atoms with van der Waals surface area (Å²) in [5, 5.41) is 9.49.